The summed E-state index contributed by atoms with van der Waals surface area (Å²) in [6, 6.07) is 16.7. The van der Waals surface area contributed by atoms with Crippen molar-refractivity contribution in [2.24, 2.45) is 0 Å². The lowest BCUT2D eigenvalue weighted by molar-refractivity contribution is 0.271. The molecule has 0 N–H and O–H groups in total. The molecule has 5 heteroatoms. The standard InChI is InChI=1S/C17H13FN2O2/c18-14-6-8-15(9-7-14)20-16(21)10-11-19-17(20)22-12-13-4-2-1-3-5-13/h1-11H,12H2. The molecule has 0 atom stereocenters. The molecule has 4 nitrogen and oxygen atoms in total. The Balaban J connectivity index is 1.93. The van der Waals surface area contributed by atoms with Crippen molar-refractivity contribution >= 4 is 0 Å². The fraction of sp³-hybridized carbons (Fsp3) is 0.0588. The molecular formula is C17H13FN2O2. The molecule has 0 bridgehead atoms. The maximum Gasteiger partial charge on any atom is 0.304 e. The lowest BCUT2D eigenvalue weighted by Gasteiger charge is -2.12. The fourth-order valence-corrected chi connectivity index (χ4v) is 2.04. The number of benzene rings is 2. The molecule has 0 unspecified atom stereocenters. The minimum absolute atomic E-state index is 0.169. The molecule has 0 saturated heterocycles. The van der Waals surface area contributed by atoms with Crippen LogP contribution < -0.4 is 10.3 Å². The Morgan fingerprint density at radius 3 is 2.45 bits per heavy atom. The molecule has 0 amide bonds. The number of rotatable bonds is 4. The van der Waals surface area contributed by atoms with E-state index in [2.05, 4.69) is 4.98 Å². The molecule has 3 rings (SSSR count). The maximum absolute atomic E-state index is 13.0. The zero-order valence-corrected chi connectivity index (χ0v) is 11.6. The summed E-state index contributed by atoms with van der Waals surface area (Å²) in [5.74, 6) is -0.368. The molecule has 0 aliphatic carbocycles. The van der Waals surface area contributed by atoms with E-state index in [-0.39, 0.29) is 17.4 Å². The lowest BCUT2D eigenvalue weighted by atomic mass is 10.2. The first-order valence-corrected chi connectivity index (χ1v) is 6.75. The highest BCUT2D eigenvalue weighted by molar-refractivity contribution is 5.34. The molecule has 22 heavy (non-hydrogen) atoms. The molecule has 2 aromatic carbocycles. The summed E-state index contributed by atoms with van der Waals surface area (Å²) in [4.78, 5) is 16.2. The highest BCUT2D eigenvalue weighted by Gasteiger charge is 2.09. The van der Waals surface area contributed by atoms with Crippen LogP contribution in [0.2, 0.25) is 0 Å². The molecule has 0 fully saturated rings. The molecule has 0 aliphatic heterocycles. The van der Waals surface area contributed by atoms with Gasteiger partial charge in [-0.05, 0) is 29.8 Å². The van der Waals surface area contributed by atoms with E-state index in [0.717, 1.165) is 5.56 Å². The summed E-state index contributed by atoms with van der Waals surface area (Å²) in [5, 5.41) is 0. The van der Waals surface area contributed by atoms with Gasteiger partial charge < -0.3 is 4.74 Å². The first-order valence-electron chi connectivity index (χ1n) is 6.75. The smallest absolute Gasteiger partial charge is 0.304 e. The Hall–Kier alpha value is -2.95. The van der Waals surface area contributed by atoms with Gasteiger partial charge in [0.25, 0.3) is 5.56 Å². The molecule has 0 saturated carbocycles. The van der Waals surface area contributed by atoms with E-state index in [0.29, 0.717) is 12.3 Å². The first-order chi connectivity index (χ1) is 10.7. The van der Waals surface area contributed by atoms with Gasteiger partial charge in [0, 0.05) is 12.3 Å². The molecular weight excluding hydrogens is 283 g/mol. The highest BCUT2D eigenvalue weighted by Crippen LogP contribution is 2.14. The Morgan fingerprint density at radius 1 is 1.00 bits per heavy atom. The van der Waals surface area contributed by atoms with E-state index in [1.807, 2.05) is 30.3 Å². The monoisotopic (exact) mass is 296 g/mol. The summed E-state index contributed by atoms with van der Waals surface area (Å²) >= 11 is 0. The Bertz CT molecular complexity index is 814. The average Bonchev–Trinajstić information content (AvgIpc) is 2.55. The van der Waals surface area contributed by atoms with Gasteiger partial charge in [0.15, 0.2) is 0 Å². The fourth-order valence-electron chi connectivity index (χ4n) is 2.04. The number of nitrogens with zero attached hydrogens (tertiary/aromatic N) is 2. The second kappa shape index (κ2) is 6.22. The molecule has 3 aromatic rings. The second-order valence-corrected chi connectivity index (χ2v) is 4.65. The lowest BCUT2D eigenvalue weighted by Crippen LogP contribution is -2.20. The van der Waals surface area contributed by atoms with Crippen molar-refractivity contribution < 1.29 is 9.13 Å². The Morgan fingerprint density at radius 2 is 1.73 bits per heavy atom. The zero-order chi connectivity index (χ0) is 15.4. The van der Waals surface area contributed by atoms with Gasteiger partial charge in [-0.1, -0.05) is 30.3 Å². The molecule has 0 aliphatic rings. The predicted octanol–water partition coefficient (Wildman–Crippen LogP) is 2.95. The third kappa shape index (κ3) is 3.03. The van der Waals surface area contributed by atoms with Crippen LogP contribution in [0.15, 0.2) is 71.7 Å². The van der Waals surface area contributed by atoms with Crippen LogP contribution in [-0.2, 0) is 6.61 Å². The van der Waals surface area contributed by atoms with Gasteiger partial charge in [0.1, 0.15) is 12.4 Å². The van der Waals surface area contributed by atoms with Gasteiger partial charge in [-0.3, -0.25) is 4.79 Å². The van der Waals surface area contributed by atoms with Crippen molar-refractivity contribution in [3.05, 3.63) is 88.6 Å². The third-order valence-electron chi connectivity index (χ3n) is 3.11. The van der Waals surface area contributed by atoms with E-state index in [1.165, 1.54) is 41.1 Å². The topological polar surface area (TPSA) is 44.1 Å². The van der Waals surface area contributed by atoms with Gasteiger partial charge in [0.2, 0.25) is 0 Å². The van der Waals surface area contributed by atoms with Crippen LogP contribution >= 0.6 is 0 Å². The van der Waals surface area contributed by atoms with Crippen molar-refractivity contribution in [2.45, 2.75) is 6.61 Å². The minimum Gasteiger partial charge on any atom is -0.459 e. The average molecular weight is 296 g/mol. The normalized spacial score (nSPS) is 10.4. The van der Waals surface area contributed by atoms with Crippen LogP contribution in [0.5, 0.6) is 6.01 Å². The van der Waals surface area contributed by atoms with E-state index in [1.54, 1.807) is 0 Å². The van der Waals surface area contributed by atoms with Gasteiger partial charge in [-0.2, -0.15) is 0 Å². The molecule has 1 heterocycles. The van der Waals surface area contributed by atoms with Crippen LogP contribution in [0.3, 0.4) is 0 Å². The summed E-state index contributed by atoms with van der Waals surface area (Å²) in [6.45, 7) is 0.290. The zero-order valence-electron chi connectivity index (χ0n) is 11.6. The number of hydrogen-bond acceptors (Lipinski definition) is 3. The van der Waals surface area contributed by atoms with Gasteiger partial charge in [0.05, 0.1) is 5.69 Å². The SMILES string of the molecule is O=c1ccnc(OCc2ccccc2)n1-c1ccc(F)cc1. The van der Waals surface area contributed by atoms with Crippen molar-refractivity contribution in [3.63, 3.8) is 0 Å². The largest absolute Gasteiger partial charge is 0.459 e. The van der Waals surface area contributed by atoms with Crippen LogP contribution in [0.4, 0.5) is 4.39 Å². The quantitative estimate of drug-likeness (QED) is 0.743. The summed E-state index contributed by atoms with van der Waals surface area (Å²) in [5.41, 5.74) is 1.18. The van der Waals surface area contributed by atoms with E-state index >= 15 is 0 Å². The number of hydrogen-bond donors (Lipinski definition) is 0. The summed E-state index contributed by atoms with van der Waals surface area (Å²) in [7, 11) is 0. The number of halogens is 1. The molecule has 110 valence electrons. The number of ether oxygens (including phenoxy) is 1. The van der Waals surface area contributed by atoms with E-state index < -0.39 is 0 Å². The third-order valence-corrected chi connectivity index (χ3v) is 3.11. The first kappa shape index (κ1) is 14.0. The van der Waals surface area contributed by atoms with Gasteiger partial charge >= 0.3 is 6.01 Å². The van der Waals surface area contributed by atoms with Crippen LogP contribution in [-0.4, -0.2) is 9.55 Å². The summed E-state index contributed by atoms with van der Waals surface area (Å²) < 4.78 is 20.0. The second-order valence-electron chi connectivity index (χ2n) is 4.65. The Labute approximate surface area is 126 Å². The maximum atomic E-state index is 13.0. The Kier molecular flexibility index (Phi) is 3.96. The highest BCUT2D eigenvalue weighted by atomic mass is 19.1. The van der Waals surface area contributed by atoms with Crippen molar-refractivity contribution in [2.75, 3.05) is 0 Å². The van der Waals surface area contributed by atoms with Crippen molar-refractivity contribution in [1.29, 1.82) is 0 Å². The summed E-state index contributed by atoms with van der Waals surface area (Å²) in [6.07, 6.45) is 1.39. The van der Waals surface area contributed by atoms with Crippen LogP contribution in [0.25, 0.3) is 5.69 Å². The molecule has 0 radical (unpaired) electrons. The van der Waals surface area contributed by atoms with Crippen molar-refractivity contribution in [1.82, 2.24) is 9.55 Å². The van der Waals surface area contributed by atoms with Crippen molar-refractivity contribution in [3.8, 4) is 11.7 Å². The van der Waals surface area contributed by atoms with Crippen LogP contribution in [0.1, 0.15) is 5.56 Å². The van der Waals surface area contributed by atoms with Crippen LogP contribution in [0, 0.1) is 5.82 Å². The minimum atomic E-state index is -0.368. The van der Waals surface area contributed by atoms with E-state index in [4.69, 9.17) is 4.74 Å². The number of aromatic nitrogens is 2. The van der Waals surface area contributed by atoms with Gasteiger partial charge in [-0.25, -0.2) is 13.9 Å². The molecule has 0 spiro atoms. The van der Waals surface area contributed by atoms with Gasteiger partial charge in [-0.15, -0.1) is 0 Å². The molecule has 1 aromatic heterocycles. The predicted molar refractivity (Wildman–Crippen MR) is 80.6 cm³/mol. The van der Waals surface area contributed by atoms with E-state index in [9.17, 15) is 9.18 Å².